The van der Waals surface area contributed by atoms with Crippen LogP contribution in [0.5, 0.6) is 0 Å². The number of hydrogen-bond acceptors (Lipinski definition) is 4. The van der Waals surface area contributed by atoms with Crippen molar-refractivity contribution in [2.75, 3.05) is 5.43 Å². The van der Waals surface area contributed by atoms with Gasteiger partial charge in [0.2, 0.25) is 0 Å². The number of hydrogen-bond donors (Lipinski definition) is 3. The van der Waals surface area contributed by atoms with E-state index in [1.54, 1.807) is 0 Å². The quantitative estimate of drug-likeness (QED) is 0.432. The third-order valence-corrected chi connectivity index (χ3v) is 3.42. The van der Waals surface area contributed by atoms with Crippen LogP contribution >= 0.6 is 34.8 Å². The Kier molecular flexibility index (Phi) is 5.31. The molecule has 0 aromatic carbocycles. The van der Waals surface area contributed by atoms with E-state index in [9.17, 15) is 0 Å². The van der Waals surface area contributed by atoms with Crippen LogP contribution in [0.3, 0.4) is 0 Å². The molecule has 0 unspecified atom stereocenters. The molecule has 1 aromatic rings. The molecular weight excluding hydrogens is 349 g/mol. The summed E-state index contributed by atoms with van der Waals surface area (Å²) in [6.07, 6.45) is 0. The number of rotatable bonds is 3. The number of hydrazine groups is 1. The summed E-state index contributed by atoms with van der Waals surface area (Å²) in [5.74, 6) is 0.691. The van der Waals surface area contributed by atoms with Crippen LogP contribution in [0.1, 0.15) is 25.0 Å². The van der Waals surface area contributed by atoms with E-state index in [4.69, 9.17) is 12.2 Å². The van der Waals surface area contributed by atoms with E-state index in [2.05, 4.69) is 49.0 Å². The van der Waals surface area contributed by atoms with Gasteiger partial charge in [-0.15, -0.1) is 10.2 Å². The Balaban J connectivity index is 2.64. The lowest BCUT2D eigenvalue weighted by Crippen LogP contribution is -2.42. The van der Waals surface area contributed by atoms with Gasteiger partial charge in [0.25, 0.3) is 0 Å². The topological polar surface area (TPSA) is 61.9 Å². The zero-order valence-electron chi connectivity index (χ0n) is 10.3. The Morgan fingerprint density at radius 1 is 1.24 bits per heavy atom. The molecule has 0 bridgehead atoms. The number of nitrogens with one attached hydrogen (secondary N) is 3. The SMILES string of the molecule is Cc1c(I)nnc(NNC(=S)NC(C)C)c1C. The van der Waals surface area contributed by atoms with Crippen molar-refractivity contribution in [2.45, 2.75) is 33.7 Å². The zero-order valence-corrected chi connectivity index (χ0v) is 13.2. The van der Waals surface area contributed by atoms with Crippen molar-refractivity contribution < 1.29 is 0 Å². The van der Waals surface area contributed by atoms with Crippen LogP contribution in [0.25, 0.3) is 0 Å². The molecule has 0 radical (unpaired) electrons. The van der Waals surface area contributed by atoms with Gasteiger partial charge in [0.05, 0.1) is 0 Å². The minimum absolute atomic E-state index is 0.294. The predicted molar refractivity (Wildman–Crippen MR) is 81.9 cm³/mol. The highest BCUT2D eigenvalue weighted by atomic mass is 127. The van der Waals surface area contributed by atoms with E-state index in [0.29, 0.717) is 17.0 Å². The summed E-state index contributed by atoms with van der Waals surface area (Å²) in [6, 6.07) is 0.294. The average molecular weight is 365 g/mol. The normalized spacial score (nSPS) is 10.2. The average Bonchev–Trinajstić information content (AvgIpc) is 2.24. The molecule has 3 N–H and O–H groups in total. The van der Waals surface area contributed by atoms with E-state index < -0.39 is 0 Å². The summed E-state index contributed by atoms with van der Waals surface area (Å²) in [5.41, 5.74) is 8.02. The molecule has 94 valence electrons. The van der Waals surface area contributed by atoms with Crippen LogP contribution in [0.4, 0.5) is 5.82 Å². The first-order valence-corrected chi connectivity index (χ1v) is 6.72. The maximum absolute atomic E-state index is 5.10. The van der Waals surface area contributed by atoms with E-state index in [-0.39, 0.29) is 0 Å². The van der Waals surface area contributed by atoms with Crippen molar-refractivity contribution >= 4 is 45.7 Å². The van der Waals surface area contributed by atoms with Crippen LogP contribution < -0.4 is 16.2 Å². The van der Waals surface area contributed by atoms with E-state index in [1.807, 2.05) is 27.7 Å². The monoisotopic (exact) mass is 365 g/mol. The summed E-state index contributed by atoms with van der Waals surface area (Å²) in [7, 11) is 0. The fourth-order valence-electron chi connectivity index (χ4n) is 1.11. The van der Waals surface area contributed by atoms with Gasteiger partial charge in [0.1, 0.15) is 3.70 Å². The third kappa shape index (κ3) is 4.23. The van der Waals surface area contributed by atoms with Crippen molar-refractivity contribution in [1.29, 1.82) is 0 Å². The van der Waals surface area contributed by atoms with Crippen LogP contribution in [0.2, 0.25) is 0 Å². The summed E-state index contributed by atoms with van der Waals surface area (Å²) >= 11 is 7.26. The Morgan fingerprint density at radius 2 is 1.88 bits per heavy atom. The molecule has 0 saturated carbocycles. The highest BCUT2D eigenvalue weighted by molar-refractivity contribution is 14.1. The first-order chi connectivity index (χ1) is 7.91. The van der Waals surface area contributed by atoms with Crippen LogP contribution in [0, 0.1) is 17.5 Å². The van der Waals surface area contributed by atoms with Crippen molar-refractivity contribution in [1.82, 2.24) is 20.9 Å². The molecule has 7 heteroatoms. The molecule has 1 aromatic heterocycles. The van der Waals surface area contributed by atoms with E-state index in [0.717, 1.165) is 14.8 Å². The van der Waals surface area contributed by atoms with Crippen LogP contribution in [-0.2, 0) is 0 Å². The molecule has 0 saturated heterocycles. The molecular formula is C10H16IN5S. The lowest BCUT2D eigenvalue weighted by Gasteiger charge is -2.15. The maximum Gasteiger partial charge on any atom is 0.185 e. The number of halogens is 1. The Labute approximate surface area is 120 Å². The van der Waals surface area contributed by atoms with Gasteiger partial charge in [-0.2, -0.15) is 0 Å². The molecule has 0 aliphatic heterocycles. The minimum Gasteiger partial charge on any atom is -0.359 e. The van der Waals surface area contributed by atoms with Crippen molar-refractivity contribution in [3.63, 3.8) is 0 Å². The molecule has 0 aliphatic rings. The first-order valence-electron chi connectivity index (χ1n) is 5.23. The van der Waals surface area contributed by atoms with Gasteiger partial charge in [0.15, 0.2) is 10.9 Å². The number of thiocarbonyl (C=S) groups is 1. The highest BCUT2D eigenvalue weighted by Crippen LogP contribution is 2.17. The second-order valence-electron chi connectivity index (χ2n) is 3.97. The second-order valence-corrected chi connectivity index (χ2v) is 5.40. The molecule has 1 rings (SSSR count). The Hall–Kier alpha value is -0.700. The molecule has 0 spiro atoms. The summed E-state index contributed by atoms with van der Waals surface area (Å²) in [5, 5.41) is 11.7. The zero-order chi connectivity index (χ0) is 13.0. The second kappa shape index (κ2) is 6.29. The van der Waals surface area contributed by atoms with Crippen molar-refractivity contribution in [2.24, 2.45) is 0 Å². The largest absolute Gasteiger partial charge is 0.359 e. The standard InChI is InChI=1S/C10H16IN5S/c1-5(2)12-10(17)16-15-9-7(4)6(3)8(11)13-14-9/h5H,1-4H3,(H,14,15)(H2,12,16,17). The van der Waals surface area contributed by atoms with Gasteiger partial charge < -0.3 is 5.32 Å². The van der Waals surface area contributed by atoms with Gasteiger partial charge in [-0.25, -0.2) is 0 Å². The Morgan fingerprint density at radius 3 is 2.47 bits per heavy atom. The Bertz CT molecular complexity index is 421. The molecule has 5 nitrogen and oxygen atoms in total. The van der Waals surface area contributed by atoms with Gasteiger partial charge in [-0.1, -0.05) is 0 Å². The fourth-order valence-corrected chi connectivity index (χ4v) is 1.91. The fraction of sp³-hybridized carbons (Fsp3) is 0.500. The minimum atomic E-state index is 0.294. The molecule has 0 fully saturated rings. The number of anilines is 1. The summed E-state index contributed by atoms with van der Waals surface area (Å²) < 4.78 is 0.911. The first kappa shape index (κ1) is 14.4. The van der Waals surface area contributed by atoms with Gasteiger partial charge in [-0.3, -0.25) is 10.9 Å². The predicted octanol–water partition coefficient (Wildman–Crippen LogP) is 1.90. The van der Waals surface area contributed by atoms with E-state index in [1.165, 1.54) is 0 Å². The van der Waals surface area contributed by atoms with Gasteiger partial charge >= 0.3 is 0 Å². The lowest BCUT2D eigenvalue weighted by atomic mass is 10.2. The number of nitrogens with zero attached hydrogens (tertiary/aromatic N) is 2. The number of aromatic nitrogens is 2. The van der Waals surface area contributed by atoms with Crippen molar-refractivity contribution in [3.8, 4) is 0 Å². The maximum atomic E-state index is 5.10. The highest BCUT2D eigenvalue weighted by Gasteiger charge is 2.07. The smallest absolute Gasteiger partial charge is 0.185 e. The van der Waals surface area contributed by atoms with Crippen LogP contribution in [0.15, 0.2) is 0 Å². The van der Waals surface area contributed by atoms with E-state index >= 15 is 0 Å². The molecule has 0 amide bonds. The molecule has 0 atom stereocenters. The molecule has 1 heterocycles. The molecule has 0 aliphatic carbocycles. The van der Waals surface area contributed by atoms with Gasteiger partial charge in [0, 0.05) is 11.6 Å². The summed E-state index contributed by atoms with van der Waals surface area (Å²) in [6.45, 7) is 8.05. The molecule has 17 heavy (non-hydrogen) atoms. The van der Waals surface area contributed by atoms with Gasteiger partial charge in [-0.05, 0) is 68.1 Å². The summed E-state index contributed by atoms with van der Waals surface area (Å²) in [4.78, 5) is 0. The van der Waals surface area contributed by atoms with Crippen LogP contribution in [-0.4, -0.2) is 21.4 Å². The third-order valence-electron chi connectivity index (χ3n) is 2.18. The lowest BCUT2D eigenvalue weighted by molar-refractivity contribution is 0.723. The van der Waals surface area contributed by atoms with Crippen molar-refractivity contribution in [3.05, 3.63) is 14.8 Å².